The molecule has 1 saturated carbocycles. The van der Waals surface area contributed by atoms with Crippen LogP contribution in [0, 0.1) is 0 Å². The van der Waals surface area contributed by atoms with Gasteiger partial charge in [-0.3, -0.25) is 0 Å². The first kappa shape index (κ1) is 12.4. The van der Waals surface area contributed by atoms with Crippen LogP contribution < -0.4 is 10.5 Å². The van der Waals surface area contributed by atoms with E-state index in [2.05, 4.69) is 0 Å². The van der Waals surface area contributed by atoms with Crippen molar-refractivity contribution in [2.24, 2.45) is 5.73 Å². The molecular weight excluding hydrogens is 248 g/mol. The van der Waals surface area contributed by atoms with Gasteiger partial charge in [0.05, 0.1) is 12.5 Å². The third-order valence-corrected chi connectivity index (χ3v) is 4.05. The summed E-state index contributed by atoms with van der Waals surface area (Å²) in [6.45, 7) is -0.0261. The fraction of sp³-hybridized carbons (Fsp3) is 0.333. The number of rotatable bonds is 3. The van der Waals surface area contributed by atoms with Crippen molar-refractivity contribution in [1.29, 1.82) is 0 Å². The van der Waals surface area contributed by atoms with Gasteiger partial charge in [0.1, 0.15) is 5.75 Å². The zero-order valence-electron chi connectivity index (χ0n) is 10.6. The van der Waals surface area contributed by atoms with Crippen molar-refractivity contribution >= 4 is 10.8 Å². The van der Waals surface area contributed by atoms with Crippen LogP contribution in [0.5, 0.6) is 5.75 Å². The summed E-state index contributed by atoms with van der Waals surface area (Å²) < 4.78 is 32.3. The summed E-state index contributed by atoms with van der Waals surface area (Å²) in [7, 11) is 1.60. The first-order chi connectivity index (χ1) is 9.02. The lowest BCUT2D eigenvalue weighted by Crippen LogP contribution is -2.26. The van der Waals surface area contributed by atoms with E-state index >= 15 is 0 Å². The Morgan fingerprint density at radius 1 is 1.16 bits per heavy atom. The van der Waals surface area contributed by atoms with E-state index in [0.29, 0.717) is 5.56 Å². The van der Waals surface area contributed by atoms with E-state index < -0.39 is 11.3 Å². The van der Waals surface area contributed by atoms with E-state index in [1.54, 1.807) is 13.2 Å². The van der Waals surface area contributed by atoms with E-state index in [9.17, 15) is 8.78 Å². The molecule has 0 spiro atoms. The standard InChI is InChI=1S/C15H15F2NO/c1-19-13-5-3-10-6-12(4-2-11(10)7-13)14(9-18)8-15(14,16)17/h2-7H,8-9,18H2,1H3. The van der Waals surface area contributed by atoms with Crippen molar-refractivity contribution in [3.63, 3.8) is 0 Å². The molecule has 0 aliphatic heterocycles. The molecule has 0 radical (unpaired) electrons. The topological polar surface area (TPSA) is 35.2 Å². The zero-order chi connectivity index (χ0) is 13.7. The Morgan fingerprint density at radius 2 is 1.79 bits per heavy atom. The van der Waals surface area contributed by atoms with E-state index in [1.807, 2.05) is 30.3 Å². The van der Waals surface area contributed by atoms with Crippen LogP contribution >= 0.6 is 0 Å². The molecule has 2 nitrogen and oxygen atoms in total. The summed E-state index contributed by atoms with van der Waals surface area (Å²) in [5, 5.41) is 1.90. The number of nitrogens with two attached hydrogens (primary N) is 1. The number of hydrogen-bond acceptors (Lipinski definition) is 2. The van der Waals surface area contributed by atoms with Crippen LogP contribution in [0.25, 0.3) is 10.8 Å². The summed E-state index contributed by atoms with van der Waals surface area (Å²) in [4.78, 5) is 0. The van der Waals surface area contributed by atoms with E-state index in [-0.39, 0.29) is 13.0 Å². The molecule has 0 saturated heterocycles. The van der Waals surface area contributed by atoms with Crippen molar-refractivity contribution in [1.82, 2.24) is 0 Å². The molecule has 0 heterocycles. The highest BCUT2D eigenvalue weighted by molar-refractivity contribution is 5.85. The van der Waals surface area contributed by atoms with Gasteiger partial charge in [-0.1, -0.05) is 24.3 Å². The molecule has 1 fully saturated rings. The Kier molecular flexibility index (Phi) is 2.54. The number of fused-ring (bicyclic) bond motifs is 1. The minimum Gasteiger partial charge on any atom is -0.497 e. The smallest absolute Gasteiger partial charge is 0.260 e. The third-order valence-electron chi connectivity index (χ3n) is 4.05. The Morgan fingerprint density at radius 3 is 2.37 bits per heavy atom. The summed E-state index contributed by atoms with van der Waals surface area (Å²) in [5.41, 5.74) is 5.02. The van der Waals surface area contributed by atoms with E-state index in [0.717, 1.165) is 16.5 Å². The Labute approximate surface area is 110 Å². The van der Waals surface area contributed by atoms with Gasteiger partial charge < -0.3 is 10.5 Å². The van der Waals surface area contributed by atoms with Gasteiger partial charge in [-0.15, -0.1) is 0 Å². The lowest BCUT2D eigenvalue weighted by Gasteiger charge is -2.15. The molecule has 1 aliphatic rings. The van der Waals surface area contributed by atoms with Gasteiger partial charge in [0.25, 0.3) is 5.92 Å². The molecular formula is C15H15F2NO. The zero-order valence-corrected chi connectivity index (χ0v) is 10.6. The summed E-state index contributed by atoms with van der Waals surface area (Å²) in [5.74, 6) is -1.92. The molecule has 1 aliphatic carbocycles. The minimum absolute atomic E-state index is 0.0261. The number of benzene rings is 2. The highest BCUT2D eigenvalue weighted by atomic mass is 19.3. The second kappa shape index (κ2) is 3.90. The fourth-order valence-electron chi connectivity index (χ4n) is 2.64. The van der Waals surface area contributed by atoms with Gasteiger partial charge >= 0.3 is 0 Å². The van der Waals surface area contributed by atoms with Crippen molar-refractivity contribution in [2.75, 3.05) is 13.7 Å². The van der Waals surface area contributed by atoms with Crippen LogP contribution in [-0.4, -0.2) is 19.6 Å². The second-order valence-corrected chi connectivity index (χ2v) is 5.10. The molecule has 1 unspecified atom stereocenters. The lowest BCUT2D eigenvalue weighted by atomic mass is 9.93. The molecule has 2 aromatic rings. The normalized spacial score (nSPS) is 24.4. The SMILES string of the molecule is COc1ccc2cc(C3(CN)CC3(F)F)ccc2c1. The Bertz CT molecular complexity index is 641. The fourth-order valence-corrected chi connectivity index (χ4v) is 2.64. The summed E-state index contributed by atoms with van der Waals surface area (Å²) in [6.07, 6.45) is -0.155. The molecule has 1 atom stereocenters. The van der Waals surface area contributed by atoms with Gasteiger partial charge in [0.2, 0.25) is 0 Å². The quantitative estimate of drug-likeness (QED) is 0.923. The van der Waals surface area contributed by atoms with Gasteiger partial charge in [0.15, 0.2) is 0 Å². The molecule has 100 valence electrons. The largest absolute Gasteiger partial charge is 0.497 e. The predicted octanol–water partition coefficient (Wildman–Crippen LogP) is 3.08. The number of alkyl halides is 2. The molecule has 4 heteroatoms. The lowest BCUT2D eigenvalue weighted by molar-refractivity contribution is 0.0896. The van der Waals surface area contributed by atoms with Gasteiger partial charge in [-0.2, -0.15) is 0 Å². The maximum Gasteiger partial charge on any atom is 0.260 e. The monoisotopic (exact) mass is 263 g/mol. The molecule has 0 aromatic heterocycles. The van der Waals surface area contributed by atoms with Crippen LogP contribution in [0.2, 0.25) is 0 Å². The van der Waals surface area contributed by atoms with E-state index in [4.69, 9.17) is 10.5 Å². The molecule has 2 aromatic carbocycles. The number of halogens is 2. The molecule has 0 amide bonds. The first-order valence-corrected chi connectivity index (χ1v) is 6.19. The van der Waals surface area contributed by atoms with Crippen molar-refractivity contribution in [3.05, 3.63) is 42.0 Å². The van der Waals surface area contributed by atoms with Gasteiger partial charge in [-0.05, 0) is 28.5 Å². The van der Waals surface area contributed by atoms with Crippen LogP contribution in [0.1, 0.15) is 12.0 Å². The maximum atomic E-state index is 13.6. The number of methoxy groups -OCH3 is 1. The Balaban J connectivity index is 2.08. The predicted molar refractivity (Wildman–Crippen MR) is 70.8 cm³/mol. The molecule has 0 bridgehead atoms. The van der Waals surface area contributed by atoms with Crippen LogP contribution in [0.3, 0.4) is 0 Å². The molecule has 2 N–H and O–H groups in total. The minimum atomic E-state index is -2.68. The summed E-state index contributed by atoms with van der Waals surface area (Å²) >= 11 is 0. The van der Waals surface area contributed by atoms with Crippen molar-refractivity contribution < 1.29 is 13.5 Å². The highest BCUT2D eigenvalue weighted by Crippen LogP contribution is 2.61. The van der Waals surface area contributed by atoms with Crippen LogP contribution in [-0.2, 0) is 5.41 Å². The van der Waals surface area contributed by atoms with E-state index in [1.165, 1.54) is 0 Å². The number of hydrogen-bond donors (Lipinski definition) is 1. The second-order valence-electron chi connectivity index (χ2n) is 5.10. The van der Waals surface area contributed by atoms with Crippen molar-refractivity contribution in [2.45, 2.75) is 17.8 Å². The Hall–Kier alpha value is -1.68. The first-order valence-electron chi connectivity index (χ1n) is 6.19. The highest BCUT2D eigenvalue weighted by Gasteiger charge is 2.71. The third kappa shape index (κ3) is 1.70. The number of ether oxygens (including phenoxy) is 1. The molecule has 19 heavy (non-hydrogen) atoms. The van der Waals surface area contributed by atoms with Crippen LogP contribution in [0.4, 0.5) is 8.78 Å². The average molecular weight is 263 g/mol. The van der Waals surface area contributed by atoms with Crippen LogP contribution in [0.15, 0.2) is 36.4 Å². The summed E-state index contributed by atoms with van der Waals surface area (Å²) in [6, 6.07) is 11.0. The van der Waals surface area contributed by atoms with Gasteiger partial charge in [0, 0.05) is 13.0 Å². The molecule has 3 rings (SSSR count). The maximum absolute atomic E-state index is 13.6. The average Bonchev–Trinajstić information content (AvgIpc) is 3.01. The van der Waals surface area contributed by atoms with Crippen molar-refractivity contribution in [3.8, 4) is 5.75 Å². The van der Waals surface area contributed by atoms with Gasteiger partial charge in [-0.25, -0.2) is 8.78 Å².